The Balaban J connectivity index is 2.40. The number of benzene rings is 2. The van der Waals surface area contributed by atoms with E-state index in [-0.39, 0.29) is 5.03 Å². The molecular formula is C13H9Cl2NO. The molecule has 17 heavy (non-hydrogen) atoms. The van der Waals surface area contributed by atoms with Crippen LogP contribution in [0.3, 0.4) is 0 Å². The molecule has 0 aliphatic heterocycles. The second-order valence-electron chi connectivity index (χ2n) is 3.44. The Labute approximate surface area is 109 Å². The van der Waals surface area contributed by atoms with Crippen molar-refractivity contribution in [1.82, 2.24) is 0 Å². The molecule has 2 nitrogen and oxygen atoms in total. The van der Waals surface area contributed by atoms with Crippen LogP contribution in [0.1, 0.15) is 0 Å². The van der Waals surface area contributed by atoms with Crippen LogP contribution in [0.25, 0.3) is 10.8 Å². The standard InChI is InChI=1S/C13H9Cl2NO/c14-8-11(15)13(17)16-12-7-3-5-9-4-1-2-6-10(9)12/h1-8H,(H,16,17)/b11-8-. The maximum Gasteiger partial charge on any atom is 0.268 e. The lowest BCUT2D eigenvalue weighted by Gasteiger charge is -2.07. The van der Waals surface area contributed by atoms with Crippen LogP contribution in [0.15, 0.2) is 53.0 Å². The van der Waals surface area contributed by atoms with E-state index in [1.165, 1.54) is 0 Å². The molecule has 0 aromatic heterocycles. The van der Waals surface area contributed by atoms with Crippen molar-refractivity contribution in [1.29, 1.82) is 0 Å². The molecule has 0 saturated carbocycles. The van der Waals surface area contributed by atoms with Crippen molar-refractivity contribution < 1.29 is 4.79 Å². The number of halogens is 2. The van der Waals surface area contributed by atoms with Crippen LogP contribution in [-0.2, 0) is 4.79 Å². The molecule has 0 spiro atoms. The molecule has 0 bridgehead atoms. The summed E-state index contributed by atoms with van der Waals surface area (Å²) in [6, 6.07) is 13.4. The minimum Gasteiger partial charge on any atom is -0.321 e. The summed E-state index contributed by atoms with van der Waals surface area (Å²) in [6.45, 7) is 0. The molecule has 1 amide bonds. The molecule has 86 valence electrons. The highest BCUT2D eigenvalue weighted by atomic mass is 35.5. The Hall–Kier alpha value is -1.51. The number of fused-ring (bicyclic) bond motifs is 1. The minimum absolute atomic E-state index is 0.0420. The molecule has 2 rings (SSSR count). The molecule has 0 aliphatic carbocycles. The number of rotatable bonds is 2. The van der Waals surface area contributed by atoms with Crippen molar-refractivity contribution in [3.63, 3.8) is 0 Å². The van der Waals surface area contributed by atoms with Crippen molar-refractivity contribution in [2.24, 2.45) is 0 Å². The Morgan fingerprint density at radius 1 is 1.12 bits per heavy atom. The predicted molar refractivity (Wildman–Crippen MR) is 72.4 cm³/mol. The first-order valence-electron chi connectivity index (χ1n) is 4.97. The zero-order valence-electron chi connectivity index (χ0n) is 8.78. The fourth-order valence-electron chi connectivity index (χ4n) is 1.57. The molecule has 0 unspecified atom stereocenters. The summed E-state index contributed by atoms with van der Waals surface area (Å²) in [7, 11) is 0. The molecule has 0 fully saturated rings. The number of anilines is 1. The third kappa shape index (κ3) is 2.60. The lowest BCUT2D eigenvalue weighted by molar-refractivity contribution is -0.112. The van der Waals surface area contributed by atoms with Crippen molar-refractivity contribution in [3.8, 4) is 0 Å². The Bertz CT molecular complexity index is 587. The van der Waals surface area contributed by atoms with Crippen molar-refractivity contribution in [3.05, 3.63) is 53.0 Å². The van der Waals surface area contributed by atoms with Crippen LogP contribution in [0.4, 0.5) is 5.69 Å². The van der Waals surface area contributed by atoms with E-state index in [4.69, 9.17) is 23.2 Å². The van der Waals surface area contributed by atoms with Gasteiger partial charge in [-0.05, 0) is 11.5 Å². The lowest BCUT2D eigenvalue weighted by Crippen LogP contribution is -2.11. The van der Waals surface area contributed by atoms with E-state index in [0.29, 0.717) is 5.69 Å². The van der Waals surface area contributed by atoms with Gasteiger partial charge in [0.2, 0.25) is 0 Å². The third-order valence-corrected chi connectivity index (χ3v) is 2.96. The zero-order chi connectivity index (χ0) is 12.3. The highest BCUT2D eigenvalue weighted by Gasteiger charge is 2.08. The molecule has 4 heteroatoms. The first-order valence-corrected chi connectivity index (χ1v) is 5.79. The summed E-state index contributed by atoms with van der Waals surface area (Å²) in [5, 5.41) is 4.68. The lowest BCUT2D eigenvalue weighted by atomic mass is 10.1. The van der Waals surface area contributed by atoms with Gasteiger partial charge in [-0.2, -0.15) is 0 Å². The average molecular weight is 266 g/mol. The zero-order valence-corrected chi connectivity index (χ0v) is 10.3. The number of amides is 1. The van der Waals surface area contributed by atoms with E-state index in [9.17, 15) is 4.79 Å². The van der Waals surface area contributed by atoms with E-state index in [2.05, 4.69) is 5.32 Å². The third-order valence-electron chi connectivity index (χ3n) is 2.35. The van der Waals surface area contributed by atoms with Gasteiger partial charge in [0.15, 0.2) is 0 Å². The maximum atomic E-state index is 11.6. The maximum absolute atomic E-state index is 11.6. The second kappa shape index (κ2) is 5.21. The molecular weight excluding hydrogens is 257 g/mol. The van der Waals surface area contributed by atoms with Gasteiger partial charge in [0, 0.05) is 16.6 Å². The summed E-state index contributed by atoms with van der Waals surface area (Å²) >= 11 is 11.0. The van der Waals surface area contributed by atoms with Crippen LogP contribution in [-0.4, -0.2) is 5.91 Å². The number of carbonyl (C=O) groups is 1. The molecule has 2 aromatic rings. The molecule has 0 aliphatic rings. The molecule has 0 radical (unpaired) electrons. The quantitative estimate of drug-likeness (QED) is 0.814. The highest BCUT2D eigenvalue weighted by Crippen LogP contribution is 2.23. The smallest absolute Gasteiger partial charge is 0.268 e. The van der Waals surface area contributed by atoms with Gasteiger partial charge in [0.25, 0.3) is 5.91 Å². The van der Waals surface area contributed by atoms with Gasteiger partial charge in [-0.3, -0.25) is 4.79 Å². The molecule has 0 heterocycles. The van der Waals surface area contributed by atoms with E-state index in [1.54, 1.807) is 0 Å². The molecule has 0 saturated heterocycles. The van der Waals surface area contributed by atoms with Gasteiger partial charge in [0.1, 0.15) is 5.03 Å². The van der Waals surface area contributed by atoms with E-state index in [1.807, 2.05) is 42.5 Å². The summed E-state index contributed by atoms with van der Waals surface area (Å²) in [6.07, 6.45) is 0. The second-order valence-corrected chi connectivity index (χ2v) is 4.06. The molecule has 1 N–H and O–H groups in total. The predicted octanol–water partition coefficient (Wildman–Crippen LogP) is 4.10. The van der Waals surface area contributed by atoms with Crippen LogP contribution in [0, 0.1) is 0 Å². The normalized spacial score (nSPS) is 11.5. The SMILES string of the molecule is O=C(Nc1cccc2ccccc12)/C(Cl)=C/Cl. The number of carbonyl (C=O) groups excluding carboxylic acids is 1. The summed E-state index contributed by atoms with van der Waals surface area (Å²) in [5.74, 6) is -0.419. The summed E-state index contributed by atoms with van der Waals surface area (Å²) in [5.41, 5.74) is 1.76. The van der Waals surface area contributed by atoms with Gasteiger partial charge in [-0.25, -0.2) is 0 Å². The van der Waals surface area contributed by atoms with Crippen molar-refractivity contribution in [2.45, 2.75) is 0 Å². The monoisotopic (exact) mass is 265 g/mol. The van der Waals surface area contributed by atoms with E-state index >= 15 is 0 Å². The average Bonchev–Trinajstić information content (AvgIpc) is 2.38. The van der Waals surface area contributed by atoms with Crippen LogP contribution < -0.4 is 5.32 Å². The first kappa shape index (κ1) is 12.0. The fourth-order valence-corrected chi connectivity index (χ4v) is 1.71. The number of hydrogen-bond donors (Lipinski definition) is 1. The highest BCUT2D eigenvalue weighted by molar-refractivity contribution is 6.47. The van der Waals surface area contributed by atoms with Crippen molar-refractivity contribution in [2.75, 3.05) is 5.32 Å². The Morgan fingerprint density at radius 3 is 2.59 bits per heavy atom. The van der Waals surface area contributed by atoms with Gasteiger partial charge < -0.3 is 5.32 Å². The van der Waals surface area contributed by atoms with Crippen LogP contribution in [0.5, 0.6) is 0 Å². The minimum atomic E-state index is -0.419. The van der Waals surface area contributed by atoms with Gasteiger partial charge in [-0.15, -0.1) is 0 Å². The largest absolute Gasteiger partial charge is 0.321 e. The number of nitrogens with one attached hydrogen (secondary N) is 1. The van der Waals surface area contributed by atoms with Crippen LogP contribution in [0.2, 0.25) is 0 Å². The van der Waals surface area contributed by atoms with Crippen molar-refractivity contribution >= 4 is 45.6 Å². The molecule has 0 atom stereocenters. The first-order chi connectivity index (χ1) is 8.22. The number of hydrogen-bond acceptors (Lipinski definition) is 1. The van der Waals surface area contributed by atoms with Gasteiger partial charge in [-0.1, -0.05) is 59.6 Å². The fraction of sp³-hybridized carbons (Fsp3) is 0. The topological polar surface area (TPSA) is 29.1 Å². The Kier molecular flexibility index (Phi) is 3.67. The van der Waals surface area contributed by atoms with Gasteiger partial charge >= 0.3 is 0 Å². The van der Waals surface area contributed by atoms with E-state index in [0.717, 1.165) is 16.3 Å². The van der Waals surface area contributed by atoms with Crippen LogP contribution >= 0.6 is 23.2 Å². The van der Waals surface area contributed by atoms with E-state index < -0.39 is 5.91 Å². The van der Waals surface area contributed by atoms with Gasteiger partial charge in [0.05, 0.1) is 0 Å². The summed E-state index contributed by atoms with van der Waals surface area (Å²) in [4.78, 5) is 11.6. The summed E-state index contributed by atoms with van der Waals surface area (Å²) < 4.78 is 0. The molecule has 2 aromatic carbocycles. The Morgan fingerprint density at radius 2 is 1.82 bits per heavy atom.